The van der Waals surface area contributed by atoms with Crippen molar-refractivity contribution in [3.8, 4) is 0 Å². The summed E-state index contributed by atoms with van der Waals surface area (Å²) >= 11 is 9.16. The molecule has 0 aliphatic carbocycles. The monoisotopic (exact) mass is 339 g/mol. The van der Waals surface area contributed by atoms with Crippen LogP contribution in [0, 0.1) is 6.92 Å². The van der Waals surface area contributed by atoms with E-state index in [1.165, 1.54) is 0 Å². The van der Waals surface area contributed by atoms with Crippen molar-refractivity contribution in [2.24, 2.45) is 0 Å². The number of hydrogen-bond donors (Lipinski definition) is 2. The van der Waals surface area contributed by atoms with E-state index >= 15 is 0 Å². The molecule has 1 aromatic carbocycles. The minimum Gasteiger partial charge on any atom is -0.308 e. The van der Waals surface area contributed by atoms with Crippen LogP contribution < -0.4 is 10.6 Å². The van der Waals surface area contributed by atoms with E-state index in [4.69, 9.17) is 11.6 Å². The average Bonchev–Trinajstić information content (AvgIpc) is 2.33. The highest BCUT2D eigenvalue weighted by molar-refractivity contribution is 9.10. The molecule has 6 heteroatoms. The fourth-order valence-corrected chi connectivity index (χ4v) is 2.14. The Kier molecular flexibility index (Phi) is 4.39. The van der Waals surface area contributed by atoms with E-state index in [-0.39, 0.29) is 6.03 Å². The second-order valence-corrected chi connectivity index (χ2v) is 5.26. The SMILES string of the molecule is Cc1cc(Br)cnc1NC(=O)Nc1cccc(Cl)c1. The first-order valence-corrected chi connectivity index (χ1v) is 6.67. The molecule has 4 nitrogen and oxygen atoms in total. The molecule has 0 atom stereocenters. The number of carbonyl (C=O) groups is 1. The van der Waals surface area contributed by atoms with Gasteiger partial charge in [0.05, 0.1) is 0 Å². The summed E-state index contributed by atoms with van der Waals surface area (Å²) in [6.45, 7) is 1.87. The molecule has 19 heavy (non-hydrogen) atoms. The first-order chi connectivity index (χ1) is 9.04. The van der Waals surface area contributed by atoms with Crippen LogP contribution in [0.3, 0.4) is 0 Å². The van der Waals surface area contributed by atoms with Gasteiger partial charge in [0.2, 0.25) is 0 Å². The zero-order chi connectivity index (χ0) is 13.8. The van der Waals surface area contributed by atoms with E-state index in [1.807, 2.05) is 13.0 Å². The van der Waals surface area contributed by atoms with E-state index in [1.54, 1.807) is 30.5 Å². The summed E-state index contributed by atoms with van der Waals surface area (Å²) in [5.41, 5.74) is 1.50. The van der Waals surface area contributed by atoms with Crippen LogP contribution in [0.2, 0.25) is 5.02 Å². The smallest absolute Gasteiger partial charge is 0.308 e. The van der Waals surface area contributed by atoms with Crippen molar-refractivity contribution >= 4 is 45.1 Å². The molecule has 0 saturated heterocycles. The van der Waals surface area contributed by atoms with Gasteiger partial charge in [0, 0.05) is 21.4 Å². The maximum Gasteiger partial charge on any atom is 0.324 e. The molecule has 0 aliphatic heterocycles. The topological polar surface area (TPSA) is 54.0 Å². The fourth-order valence-electron chi connectivity index (χ4n) is 1.51. The summed E-state index contributed by atoms with van der Waals surface area (Å²) in [6, 6.07) is 8.45. The van der Waals surface area contributed by atoms with Crippen molar-refractivity contribution in [2.75, 3.05) is 10.6 Å². The lowest BCUT2D eigenvalue weighted by molar-refractivity contribution is 0.262. The van der Waals surface area contributed by atoms with E-state index in [2.05, 4.69) is 31.5 Å². The Hall–Kier alpha value is -1.59. The van der Waals surface area contributed by atoms with Gasteiger partial charge >= 0.3 is 6.03 Å². The van der Waals surface area contributed by atoms with Crippen molar-refractivity contribution in [2.45, 2.75) is 6.92 Å². The molecule has 0 spiro atoms. The summed E-state index contributed by atoms with van der Waals surface area (Å²) in [5.74, 6) is 0.516. The summed E-state index contributed by atoms with van der Waals surface area (Å²) in [4.78, 5) is 15.9. The Balaban J connectivity index is 2.05. The molecule has 2 amide bonds. The second-order valence-electron chi connectivity index (χ2n) is 3.91. The van der Waals surface area contributed by atoms with Gasteiger partial charge in [-0.1, -0.05) is 17.7 Å². The highest BCUT2D eigenvalue weighted by atomic mass is 79.9. The van der Waals surface area contributed by atoms with Gasteiger partial charge in [0.15, 0.2) is 0 Å². The number of pyridine rings is 1. The number of nitrogens with one attached hydrogen (secondary N) is 2. The Morgan fingerprint density at radius 2 is 2.11 bits per heavy atom. The Morgan fingerprint density at radius 1 is 1.32 bits per heavy atom. The van der Waals surface area contributed by atoms with E-state index in [0.29, 0.717) is 16.5 Å². The lowest BCUT2D eigenvalue weighted by atomic mass is 10.3. The summed E-state index contributed by atoms with van der Waals surface area (Å²) in [5, 5.41) is 5.93. The molecule has 2 N–H and O–H groups in total. The van der Waals surface area contributed by atoms with Crippen LogP contribution in [-0.2, 0) is 0 Å². The van der Waals surface area contributed by atoms with Gasteiger partial charge in [-0.2, -0.15) is 0 Å². The van der Waals surface area contributed by atoms with Crippen molar-refractivity contribution in [3.63, 3.8) is 0 Å². The lowest BCUT2D eigenvalue weighted by Gasteiger charge is -2.09. The molecule has 1 heterocycles. The van der Waals surface area contributed by atoms with Crippen molar-refractivity contribution in [1.29, 1.82) is 0 Å². The van der Waals surface area contributed by atoms with Gasteiger partial charge in [-0.25, -0.2) is 9.78 Å². The molecular formula is C13H11BrClN3O. The largest absolute Gasteiger partial charge is 0.324 e. The number of hydrogen-bond acceptors (Lipinski definition) is 2. The van der Waals surface area contributed by atoms with Crippen LogP contribution in [0.5, 0.6) is 0 Å². The molecule has 0 aliphatic rings. The second kappa shape index (κ2) is 6.04. The standard InChI is InChI=1S/C13H11BrClN3O/c1-8-5-9(14)7-16-12(8)18-13(19)17-11-4-2-3-10(15)6-11/h2-7H,1H3,(H2,16,17,18,19). The molecule has 0 unspecified atom stereocenters. The molecule has 0 bridgehead atoms. The van der Waals surface area contributed by atoms with Crippen LogP contribution in [0.1, 0.15) is 5.56 Å². The van der Waals surface area contributed by atoms with E-state index in [0.717, 1.165) is 10.0 Å². The number of nitrogens with zero attached hydrogens (tertiary/aromatic N) is 1. The van der Waals surface area contributed by atoms with Gasteiger partial charge in [-0.05, 0) is 52.7 Å². The summed E-state index contributed by atoms with van der Waals surface area (Å²) in [6.07, 6.45) is 1.63. The molecule has 98 valence electrons. The Morgan fingerprint density at radius 3 is 2.79 bits per heavy atom. The van der Waals surface area contributed by atoms with Gasteiger partial charge < -0.3 is 5.32 Å². The zero-order valence-corrected chi connectivity index (χ0v) is 12.4. The Bertz CT molecular complexity index is 619. The minimum atomic E-state index is -0.361. The number of anilines is 2. The van der Waals surface area contributed by atoms with E-state index in [9.17, 15) is 4.79 Å². The summed E-state index contributed by atoms with van der Waals surface area (Å²) in [7, 11) is 0. The number of carbonyl (C=O) groups excluding carboxylic acids is 1. The van der Waals surface area contributed by atoms with Gasteiger partial charge in [0.25, 0.3) is 0 Å². The quantitative estimate of drug-likeness (QED) is 0.848. The van der Waals surface area contributed by atoms with Crippen LogP contribution in [-0.4, -0.2) is 11.0 Å². The highest BCUT2D eigenvalue weighted by Crippen LogP contribution is 2.18. The van der Waals surface area contributed by atoms with Crippen molar-refractivity contribution in [3.05, 3.63) is 51.6 Å². The number of halogens is 2. The first-order valence-electron chi connectivity index (χ1n) is 5.50. The lowest BCUT2D eigenvalue weighted by Crippen LogP contribution is -2.20. The predicted octanol–water partition coefficient (Wildman–Crippen LogP) is 4.45. The maximum atomic E-state index is 11.8. The Labute approximate surface area is 124 Å². The van der Waals surface area contributed by atoms with Crippen LogP contribution >= 0.6 is 27.5 Å². The minimum absolute atomic E-state index is 0.361. The predicted molar refractivity (Wildman–Crippen MR) is 80.8 cm³/mol. The summed E-state index contributed by atoms with van der Waals surface area (Å²) < 4.78 is 0.866. The van der Waals surface area contributed by atoms with Crippen LogP contribution in [0.25, 0.3) is 0 Å². The maximum absolute atomic E-state index is 11.8. The molecule has 0 radical (unpaired) electrons. The van der Waals surface area contributed by atoms with Crippen LogP contribution in [0.4, 0.5) is 16.3 Å². The molecule has 1 aromatic heterocycles. The number of aromatic nitrogens is 1. The fraction of sp³-hybridized carbons (Fsp3) is 0.0769. The molecule has 0 saturated carbocycles. The van der Waals surface area contributed by atoms with E-state index < -0.39 is 0 Å². The molecule has 2 aromatic rings. The third-order valence-electron chi connectivity index (χ3n) is 2.36. The van der Waals surface area contributed by atoms with Gasteiger partial charge in [-0.3, -0.25) is 5.32 Å². The van der Waals surface area contributed by atoms with Crippen LogP contribution in [0.15, 0.2) is 41.0 Å². The number of benzene rings is 1. The van der Waals surface area contributed by atoms with Crippen molar-refractivity contribution < 1.29 is 4.79 Å². The molecular weight excluding hydrogens is 330 g/mol. The average molecular weight is 341 g/mol. The third-order valence-corrected chi connectivity index (χ3v) is 3.03. The highest BCUT2D eigenvalue weighted by Gasteiger charge is 2.06. The molecule has 0 fully saturated rings. The van der Waals surface area contributed by atoms with Crippen molar-refractivity contribution in [1.82, 2.24) is 4.98 Å². The van der Waals surface area contributed by atoms with Gasteiger partial charge in [0.1, 0.15) is 5.82 Å². The number of amides is 2. The van der Waals surface area contributed by atoms with Gasteiger partial charge in [-0.15, -0.1) is 0 Å². The number of rotatable bonds is 2. The normalized spacial score (nSPS) is 10.1. The zero-order valence-electron chi connectivity index (χ0n) is 10.1. The number of urea groups is 1. The number of aryl methyl sites for hydroxylation is 1. The third kappa shape index (κ3) is 3.94. The molecule has 2 rings (SSSR count). The first kappa shape index (κ1) is 13.8.